The molecule has 0 atom stereocenters. The number of sulfone groups is 1. The molecule has 2 aromatic rings. The van der Waals surface area contributed by atoms with Crippen molar-refractivity contribution in [2.24, 2.45) is 11.8 Å². The number of pyridine rings is 1. The number of ether oxygens (including phenoxy) is 1. The number of carbonyl (C=O) groups is 1. The van der Waals surface area contributed by atoms with Gasteiger partial charge in [-0.1, -0.05) is 11.6 Å². The van der Waals surface area contributed by atoms with E-state index in [1.54, 1.807) is 10.7 Å². The lowest BCUT2D eigenvalue weighted by Crippen LogP contribution is -2.43. The minimum Gasteiger partial charge on any atom is -0.496 e. The molecule has 39 heavy (non-hydrogen) atoms. The SMILES string of the molecule is CCn1nc(C(=O)NC[C@H]2CC[C@H](S(C)(=O)=O)CC2)c(Cl)c1-c1cnc(N[C@H]2C[C@@H](C(F)(F)F)C2)cc1OC. The second kappa shape index (κ2) is 11.5. The Morgan fingerprint density at radius 1 is 1.23 bits per heavy atom. The maximum Gasteiger partial charge on any atom is 0.391 e. The summed E-state index contributed by atoms with van der Waals surface area (Å²) in [6.45, 7) is 2.64. The van der Waals surface area contributed by atoms with E-state index in [1.807, 2.05) is 6.92 Å². The summed E-state index contributed by atoms with van der Waals surface area (Å²) in [7, 11) is -1.60. The van der Waals surface area contributed by atoms with Crippen LogP contribution in [0.5, 0.6) is 5.75 Å². The Morgan fingerprint density at radius 2 is 1.90 bits per heavy atom. The maximum absolute atomic E-state index is 13.0. The smallest absolute Gasteiger partial charge is 0.391 e. The number of alkyl halides is 3. The molecular formula is C25H33ClF3N5O4S. The fourth-order valence-electron chi connectivity index (χ4n) is 5.23. The highest BCUT2D eigenvalue weighted by Crippen LogP contribution is 2.43. The topological polar surface area (TPSA) is 115 Å². The Hall–Kier alpha value is -2.54. The minimum atomic E-state index is -4.19. The number of carbonyl (C=O) groups excluding carboxylic acids is 1. The fraction of sp³-hybridized carbons (Fsp3) is 0.640. The molecule has 4 rings (SSSR count). The van der Waals surface area contributed by atoms with E-state index in [0.29, 0.717) is 61.6 Å². The highest BCUT2D eigenvalue weighted by molar-refractivity contribution is 7.91. The van der Waals surface area contributed by atoms with Gasteiger partial charge in [0.2, 0.25) is 0 Å². The Morgan fingerprint density at radius 3 is 2.46 bits per heavy atom. The van der Waals surface area contributed by atoms with Gasteiger partial charge < -0.3 is 15.4 Å². The average Bonchev–Trinajstić information content (AvgIpc) is 3.19. The summed E-state index contributed by atoms with van der Waals surface area (Å²) >= 11 is 6.66. The Kier molecular flexibility index (Phi) is 8.70. The van der Waals surface area contributed by atoms with Gasteiger partial charge in [-0.2, -0.15) is 18.3 Å². The summed E-state index contributed by atoms with van der Waals surface area (Å²) in [6.07, 6.45) is 1.12. The van der Waals surface area contributed by atoms with Crippen LogP contribution < -0.4 is 15.4 Å². The third kappa shape index (κ3) is 6.62. The molecule has 2 fully saturated rings. The van der Waals surface area contributed by atoms with Gasteiger partial charge in [0.05, 0.1) is 34.6 Å². The van der Waals surface area contributed by atoms with E-state index >= 15 is 0 Å². The average molecular weight is 592 g/mol. The number of rotatable bonds is 9. The number of hydrogen-bond donors (Lipinski definition) is 2. The fourth-order valence-corrected chi connectivity index (χ4v) is 6.68. The van der Waals surface area contributed by atoms with Crippen LogP contribution in [0.25, 0.3) is 11.3 Å². The predicted octanol–water partition coefficient (Wildman–Crippen LogP) is 4.71. The second-order valence-corrected chi connectivity index (χ2v) is 13.0. The van der Waals surface area contributed by atoms with Crippen molar-refractivity contribution in [3.8, 4) is 17.0 Å². The molecule has 9 nitrogen and oxygen atoms in total. The van der Waals surface area contributed by atoms with Crippen LogP contribution in [0.2, 0.25) is 5.02 Å². The van der Waals surface area contributed by atoms with Crippen molar-refractivity contribution in [2.45, 2.75) is 69.5 Å². The molecule has 2 aromatic heterocycles. The summed E-state index contributed by atoms with van der Waals surface area (Å²) in [5.74, 6) is -0.812. The Bertz CT molecular complexity index is 1300. The standard InChI is InChI=1S/C25H33ClF3N5O4S/c1-4-34-23(18-13-30-20(11-19(18)38-2)32-16-9-15(10-16)25(27,28)29)21(26)22(33-34)24(35)31-12-14-5-7-17(8-6-14)39(3,36)37/h11,13-17H,4-10,12H2,1-3H3,(H,30,32)(H,31,35)/t14-,15-,16+,17-. The van der Waals surface area contributed by atoms with E-state index in [4.69, 9.17) is 16.3 Å². The zero-order valence-electron chi connectivity index (χ0n) is 22.0. The number of hydrogen-bond acceptors (Lipinski definition) is 7. The van der Waals surface area contributed by atoms with Gasteiger partial charge in [0.15, 0.2) is 5.69 Å². The summed E-state index contributed by atoms with van der Waals surface area (Å²) < 4.78 is 69.1. The van der Waals surface area contributed by atoms with E-state index in [1.165, 1.54) is 19.6 Å². The van der Waals surface area contributed by atoms with Crippen LogP contribution in [-0.2, 0) is 16.4 Å². The summed E-state index contributed by atoms with van der Waals surface area (Å²) in [5.41, 5.74) is 0.979. The van der Waals surface area contributed by atoms with Gasteiger partial charge in [-0.05, 0) is 51.4 Å². The molecule has 0 saturated heterocycles. The molecule has 2 aliphatic rings. The third-order valence-electron chi connectivity index (χ3n) is 7.65. The van der Waals surface area contributed by atoms with Crippen LogP contribution >= 0.6 is 11.6 Å². The van der Waals surface area contributed by atoms with Gasteiger partial charge in [-0.25, -0.2) is 13.4 Å². The first-order valence-electron chi connectivity index (χ1n) is 12.9. The molecule has 2 N–H and O–H groups in total. The number of aromatic nitrogens is 3. The van der Waals surface area contributed by atoms with Crippen LogP contribution in [0.1, 0.15) is 55.9 Å². The number of nitrogens with one attached hydrogen (secondary N) is 2. The number of methoxy groups -OCH3 is 1. The van der Waals surface area contributed by atoms with Gasteiger partial charge >= 0.3 is 6.18 Å². The van der Waals surface area contributed by atoms with E-state index in [9.17, 15) is 26.4 Å². The highest BCUT2D eigenvalue weighted by atomic mass is 35.5. The highest BCUT2D eigenvalue weighted by Gasteiger charge is 2.48. The first-order chi connectivity index (χ1) is 18.3. The van der Waals surface area contributed by atoms with Gasteiger partial charge in [0.1, 0.15) is 21.4 Å². The van der Waals surface area contributed by atoms with Gasteiger partial charge in [0.25, 0.3) is 5.91 Å². The van der Waals surface area contributed by atoms with Crippen molar-refractivity contribution in [2.75, 3.05) is 25.2 Å². The van der Waals surface area contributed by atoms with Crippen LogP contribution in [0.15, 0.2) is 12.3 Å². The van der Waals surface area contributed by atoms with E-state index in [0.717, 1.165) is 0 Å². The summed E-state index contributed by atoms with van der Waals surface area (Å²) in [4.78, 5) is 17.4. The minimum absolute atomic E-state index is 0.0126. The number of nitrogens with zero attached hydrogens (tertiary/aromatic N) is 3. The number of aryl methyl sites for hydroxylation is 1. The van der Waals surface area contributed by atoms with Crippen molar-refractivity contribution < 1.29 is 31.1 Å². The molecule has 14 heteroatoms. The summed E-state index contributed by atoms with van der Waals surface area (Å²) in [5, 5.41) is 10.1. The van der Waals surface area contributed by atoms with Crippen LogP contribution in [0.3, 0.4) is 0 Å². The van der Waals surface area contributed by atoms with Gasteiger partial charge in [-0.3, -0.25) is 9.48 Å². The lowest BCUT2D eigenvalue weighted by Gasteiger charge is -2.37. The first kappa shape index (κ1) is 29.4. The van der Waals surface area contributed by atoms with E-state index in [2.05, 4.69) is 20.7 Å². The molecule has 0 aliphatic heterocycles. The molecule has 1 amide bonds. The van der Waals surface area contributed by atoms with Crippen molar-refractivity contribution in [1.29, 1.82) is 0 Å². The molecule has 0 aromatic carbocycles. The Balaban J connectivity index is 1.45. The third-order valence-corrected chi connectivity index (χ3v) is 9.69. The molecule has 2 saturated carbocycles. The molecule has 2 heterocycles. The lowest BCUT2D eigenvalue weighted by molar-refractivity contribution is -0.195. The molecule has 0 spiro atoms. The van der Waals surface area contributed by atoms with Crippen molar-refractivity contribution in [3.63, 3.8) is 0 Å². The van der Waals surface area contributed by atoms with Crippen LogP contribution in [0.4, 0.5) is 19.0 Å². The van der Waals surface area contributed by atoms with Crippen LogP contribution in [-0.4, -0.2) is 66.5 Å². The zero-order valence-corrected chi connectivity index (χ0v) is 23.6. The molecule has 2 aliphatic carbocycles. The zero-order chi connectivity index (χ0) is 28.5. The second-order valence-electron chi connectivity index (χ2n) is 10.3. The number of amides is 1. The van der Waals surface area contributed by atoms with E-state index < -0.39 is 27.8 Å². The number of halogens is 4. The van der Waals surface area contributed by atoms with Gasteiger partial charge in [-0.15, -0.1) is 0 Å². The van der Waals surface area contributed by atoms with Gasteiger partial charge in [0, 0.05) is 37.7 Å². The van der Waals surface area contributed by atoms with Crippen molar-refractivity contribution in [1.82, 2.24) is 20.1 Å². The largest absolute Gasteiger partial charge is 0.496 e. The van der Waals surface area contributed by atoms with Crippen LogP contribution in [0, 0.1) is 11.8 Å². The quantitative estimate of drug-likeness (QED) is 0.434. The molecular weight excluding hydrogens is 559 g/mol. The first-order valence-corrected chi connectivity index (χ1v) is 15.3. The predicted molar refractivity (Wildman–Crippen MR) is 142 cm³/mol. The molecule has 216 valence electrons. The summed E-state index contributed by atoms with van der Waals surface area (Å²) in [6, 6.07) is 1.26. The molecule has 0 bridgehead atoms. The normalized spacial score (nSPS) is 23.7. The molecule has 0 radical (unpaired) electrons. The lowest BCUT2D eigenvalue weighted by atomic mass is 9.80. The van der Waals surface area contributed by atoms with E-state index in [-0.39, 0.29) is 40.8 Å². The maximum atomic E-state index is 13.0. The monoisotopic (exact) mass is 591 g/mol. The molecule has 0 unspecified atom stereocenters. The van der Waals surface area contributed by atoms with Crippen molar-refractivity contribution >= 4 is 33.2 Å². The number of anilines is 1. The van der Waals surface area contributed by atoms with Crippen molar-refractivity contribution in [3.05, 3.63) is 23.0 Å². The Labute approximate surface area is 230 Å².